The van der Waals surface area contributed by atoms with E-state index in [0.717, 1.165) is 12.0 Å². The van der Waals surface area contributed by atoms with Crippen LogP contribution in [0.5, 0.6) is 0 Å². The predicted molar refractivity (Wildman–Crippen MR) is 78.4 cm³/mol. The summed E-state index contributed by atoms with van der Waals surface area (Å²) in [4.78, 5) is 11.7. The largest absolute Gasteiger partial charge is 0.343 e. The first-order chi connectivity index (χ1) is 9.76. The average molecular weight is 288 g/mol. The van der Waals surface area contributed by atoms with Crippen LogP contribution in [0.25, 0.3) is 0 Å². The maximum absolute atomic E-state index is 11.7. The number of aromatic amines is 1. The van der Waals surface area contributed by atoms with E-state index in [4.69, 9.17) is 5.26 Å². The Balaban J connectivity index is 2.25. The Morgan fingerprint density at radius 2 is 2.20 bits per heavy atom. The van der Waals surface area contributed by atoms with Crippen molar-refractivity contribution in [1.29, 1.82) is 5.26 Å². The first-order valence-corrected chi connectivity index (χ1v) is 7.38. The van der Waals surface area contributed by atoms with E-state index >= 15 is 0 Å². The second-order valence-electron chi connectivity index (χ2n) is 4.34. The van der Waals surface area contributed by atoms with Crippen molar-refractivity contribution in [2.45, 2.75) is 36.7 Å². The number of rotatable bonds is 6. The van der Waals surface area contributed by atoms with Crippen LogP contribution < -0.4 is 5.69 Å². The Morgan fingerprint density at radius 3 is 2.85 bits per heavy atom. The monoisotopic (exact) mass is 288 g/mol. The summed E-state index contributed by atoms with van der Waals surface area (Å²) in [6.07, 6.45) is 1.24. The van der Waals surface area contributed by atoms with Crippen molar-refractivity contribution < 1.29 is 0 Å². The zero-order valence-electron chi connectivity index (χ0n) is 11.2. The first kappa shape index (κ1) is 14.4. The molecule has 0 saturated heterocycles. The molecule has 0 fully saturated rings. The molecule has 1 atom stereocenters. The zero-order chi connectivity index (χ0) is 14.4. The van der Waals surface area contributed by atoms with E-state index in [1.165, 1.54) is 11.8 Å². The molecule has 0 bridgehead atoms. The molecule has 104 valence electrons. The smallest absolute Gasteiger partial charge is 0.270 e. The number of nitriles is 1. The number of thioether (sulfide) groups is 1. The van der Waals surface area contributed by atoms with Gasteiger partial charge in [0.1, 0.15) is 0 Å². The van der Waals surface area contributed by atoms with Crippen LogP contribution in [0.3, 0.4) is 0 Å². The third-order valence-electron chi connectivity index (χ3n) is 2.87. The molecule has 20 heavy (non-hydrogen) atoms. The summed E-state index contributed by atoms with van der Waals surface area (Å²) in [7, 11) is 0. The molecule has 1 N–H and O–H groups in total. The number of nitrogens with one attached hydrogen (secondary N) is 1. The van der Waals surface area contributed by atoms with Gasteiger partial charge in [-0.1, -0.05) is 49.0 Å². The van der Waals surface area contributed by atoms with Crippen molar-refractivity contribution in [3.63, 3.8) is 0 Å². The Morgan fingerprint density at radius 1 is 1.45 bits per heavy atom. The van der Waals surface area contributed by atoms with E-state index in [0.29, 0.717) is 18.1 Å². The second kappa shape index (κ2) is 6.96. The van der Waals surface area contributed by atoms with Crippen molar-refractivity contribution in [2.24, 2.45) is 0 Å². The van der Waals surface area contributed by atoms with E-state index in [2.05, 4.69) is 16.3 Å². The summed E-state index contributed by atoms with van der Waals surface area (Å²) in [6, 6.07) is 12.0. The van der Waals surface area contributed by atoms with Gasteiger partial charge in [0.15, 0.2) is 5.16 Å². The zero-order valence-corrected chi connectivity index (χ0v) is 12.1. The molecule has 1 aromatic carbocycles. The SMILES string of the molecule is CCCn1c(SC(CC#N)c2ccccc2)n[nH]c1=O. The Kier molecular flexibility index (Phi) is 5.02. The second-order valence-corrected chi connectivity index (χ2v) is 5.51. The fourth-order valence-corrected chi connectivity index (χ4v) is 3.02. The molecular weight excluding hydrogens is 272 g/mol. The van der Waals surface area contributed by atoms with Gasteiger partial charge in [0, 0.05) is 6.54 Å². The fraction of sp³-hybridized carbons (Fsp3) is 0.357. The van der Waals surface area contributed by atoms with Crippen LogP contribution in [0, 0.1) is 11.3 Å². The van der Waals surface area contributed by atoms with Crippen LogP contribution in [0.4, 0.5) is 0 Å². The highest BCUT2D eigenvalue weighted by molar-refractivity contribution is 7.99. The summed E-state index contributed by atoms with van der Waals surface area (Å²) in [5, 5.41) is 16.1. The number of aromatic nitrogens is 3. The Hall–Kier alpha value is -2.00. The quantitative estimate of drug-likeness (QED) is 0.829. The summed E-state index contributed by atoms with van der Waals surface area (Å²) in [5.41, 5.74) is 0.871. The topological polar surface area (TPSA) is 74.5 Å². The van der Waals surface area contributed by atoms with Crippen molar-refractivity contribution >= 4 is 11.8 Å². The van der Waals surface area contributed by atoms with Gasteiger partial charge in [0.25, 0.3) is 0 Å². The minimum Gasteiger partial charge on any atom is -0.270 e. The first-order valence-electron chi connectivity index (χ1n) is 6.50. The van der Waals surface area contributed by atoms with Gasteiger partial charge in [0.05, 0.1) is 17.7 Å². The number of nitrogens with zero attached hydrogens (tertiary/aromatic N) is 3. The third-order valence-corrected chi connectivity index (χ3v) is 4.11. The maximum atomic E-state index is 11.7. The molecule has 0 spiro atoms. The van der Waals surface area contributed by atoms with Crippen LogP contribution in [0.2, 0.25) is 0 Å². The molecule has 6 heteroatoms. The summed E-state index contributed by atoms with van der Waals surface area (Å²) in [6.45, 7) is 2.64. The van der Waals surface area contributed by atoms with Crippen LogP contribution >= 0.6 is 11.8 Å². The highest BCUT2D eigenvalue weighted by Crippen LogP contribution is 2.35. The Bertz CT molecular complexity index is 641. The minimum absolute atomic E-state index is 0.0213. The van der Waals surface area contributed by atoms with Gasteiger partial charge in [-0.25, -0.2) is 9.89 Å². The molecule has 5 nitrogen and oxygen atoms in total. The normalized spacial score (nSPS) is 12.0. The van der Waals surface area contributed by atoms with E-state index in [-0.39, 0.29) is 10.9 Å². The molecule has 0 aliphatic heterocycles. The molecule has 1 aromatic heterocycles. The predicted octanol–water partition coefficient (Wildman–Crippen LogP) is 2.73. The fourth-order valence-electron chi connectivity index (χ4n) is 1.92. The minimum atomic E-state index is -0.196. The summed E-state index contributed by atoms with van der Waals surface area (Å²) < 4.78 is 1.62. The van der Waals surface area contributed by atoms with E-state index in [9.17, 15) is 4.79 Å². The van der Waals surface area contributed by atoms with Crippen molar-refractivity contribution in [1.82, 2.24) is 14.8 Å². The van der Waals surface area contributed by atoms with Gasteiger partial charge >= 0.3 is 5.69 Å². The average Bonchev–Trinajstić information content (AvgIpc) is 2.81. The molecule has 0 radical (unpaired) electrons. The molecule has 2 rings (SSSR count). The number of hydrogen-bond acceptors (Lipinski definition) is 4. The van der Waals surface area contributed by atoms with Crippen molar-refractivity contribution in [2.75, 3.05) is 0 Å². The van der Waals surface area contributed by atoms with Gasteiger partial charge in [-0.15, -0.1) is 5.10 Å². The Labute approximate surface area is 121 Å². The molecule has 0 aliphatic rings. The lowest BCUT2D eigenvalue weighted by molar-refractivity contribution is 0.602. The van der Waals surface area contributed by atoms with Gasteiger partial charge in [-0.2, -0.15) is 5.26 Å². The molecule has 1 heterocycles. The highest BCUT2D eigenvalue weighted by atomic mass is 32.2. The van der Waals surface area contributed by atoms with Crippen molar-refractivity contribution in [3.8, 4) is 6.07 Å². The van der Waals surface area contributed by atoms with Crippen LogP contribution in [0.15, 0.2) is 40.3 Å². The van der Waals surface area contributed by atoms with Crippen LogP contribution in [-0.2, 0) is 6.54 Å². The van der Waals surface area contributed by atoms with E-state index in [1.54, 1.807) is 4.57 Å². The lowest BCUT2D eigenvalue weighted by atomic mass is 10.1. The lowest BCUT2D eigenvalue weighted by Gasteiger charge is -2.13. The van der Waals surface area contributed by atoms with E-state index < -0.39 is 0 Å². The number of benzene rings is 1. The summed E-state index contributed by atoms with van der Waals surface area (Å²) >= 11 is 1.45. The number of H-pyrrole nitrogens is 1. The summed E-state index contributed by atoms with van der Waals surface area (Å²) in [5.74, 6) is 0. The van der Waals surface area contributed by atoms with Crippen LogP contribution in [-0.4, -0.2) is 14.8 Å². The maximum Gasteiger partial charge on any atom is 0.343 e. The van der Waals surface area contributed by atoms with Crippen LogP contribution in [0.1, 0.15) is 30.6 Å². The molecule has 0 aliphatic carbocycles. The van der Waals surface area contributed by atoms with Gasteiger partial charge < -0.3 is 0 Å². The highest BCUT2D eigenvalue weighted by Gasteiger charge is 2.17. The molecule has 2 aromatic rings. The lowest BCUT2D eigenvalue weighted by Crippen LogP contribution is -2.17. The standard InChI is InChI=1S/C14H16N4OS/c1-2-10-18-13(19)16-17-14(18)20-12(8-9-15)11-6-4-3-5-7-11/h3-7,12H,2,8,10H2,1H3,(H,16,19). The van der Waals surface area contributed by atoms with Crippen molar-refractivity contribution in [3.05, 3.63) is 46.4 Å². The third kappa shape index (κ3) is 3.31. The molecule has 0 amide bonds. The van der Waals surface area contributed by atoms with E-state index in [1.807, 2.05) is 37.3 Å². The van der Waals surface area contributed by atoms with Gasteiger partial charge in [0.2, 0.25) is 0 Å². The molecule has 1 unspecified atom stereocenters. The van der Waals surface area contributed by atoms with Gasteiger partial charge in [-0.05, 0) is 12.0 Å². The van der Waals surface area contributed by atoms with Gasteiger partial charge in [-0.3, -0.25) is 4.57 Å². The molecular formula is C14H16N4OS. The number of hydrogen-bond donors (Lipinski definition) is 1. The molecule has 0 saturated carbocycles.